The summed E-state index contributed by atoms with van der Waals surface area (Å²) in [7, 11) is -2.33. The molecule has 0 spiro atoms. The van der Waals surface area contributed by atoms with Crippen molar-refractivity contribution in [1.82, 2.24) is 0 Å². The number of aryl methyl sites for hydroxylation is 2. The Morgan fingerprint density at radius 2 is 1.94 bits per heavy atom. The normalized spacial score (nSPS) is 10.9. The highest BCUT2D eigenvalue weighted by molar-refractivity contribution is 7.71. The lowest BCUT2D eigenvalue weighted by atomic mass is 9.98. The minimum atomic E-state index is -2.33. The van der Waals surface area contributed by atoms with Crippen molar-refractivity contribution in [3.05, 3.63) is 34.9 Å². The number of hydrogen-bond acceptors (Lipinski definition) is 2. The van der Waals surface area contributed by atoms with Gasteiger partial charge in [0, 0.05) is 0 Å². The maximum Gasteiger partial charge on any atom is 0.144 e. The third-order valence-corrected chi connectivity index (χ3v) is 3.42. The summed E-state index contributed by atoms with van der Waals surface area (Å²) < 4.78 is 21.7. The Kier molecular flexibility index (Phi) is 5.53. The highest BCUT2D eigenvalue weighted by Crippen LogP contribution is 2.17. The fourth-order valence-corrected chi connectivity index (χ4v) is 2.63. The zero-order chi connectivity index (χ0) is 12.0. The fraction of sp³-hybridized carbons (Fsp3) is 0.538. The molecule has 1 aromatic carbocycles. The van der Waals surface area contributed by atoms with Gasteiger partial charge < -0.3 is 0 Å². The van der Waals surface area contributed by atoms with Crippen LogP contribution in [0.4, 0.5) is 0 Å². The summed E-state index contributed by atoms with van der Waals surface area (Å²) in [6.07, 6.45) is 4.53. The molecular weight excluding hydrogens is 220 g/mol. The number of thiol groups is 1. The van der Waals surface area contributed by atoms with E-state index in [0.717, 1.165) is 24.0 Å². The molecule has 1 aromatic rings. The first-order chi connectivity index (χ1) is 7.65. The number of unbranched alkanes of at least 4 members (excludes halogenated alkanes) is 2. The molecule has 0 saturated heterocycles. The lowest BCUT2D eigenvalue weighted by molar-refractivity contribution is 0.613. The van der Waals surface area contributed by atoms with E-state index in [1.807, 2.05) is 19.1 Å². The molecule has 0 aliphatic rings. The molecule has 0 N–H and O–H groups in total. The van der Waals surface area contributed by atoms with E-state index >= 15 is 0 Å². The van der Waals surface area contributed by atoms with Crippen LogP contribution in [0.1, 0.15) is 42.9 Å². The fourth-order valence-electron chi connectivity index (χ4n) is 1.92. The first-order valence-corrected chi connectivity index (χ1v) is 7.20. The van der Waals surface area contributed by atoms with Crippen molar-refractivity contribution in [3.63, 3.8) is 0 Å². The molecule has 0 aromatic heterocycles. The molecule has 0 radical (unpaired) electrons. The summed E-state index contributed by atoms with van der Waals surface area (Å²) in [5.41, 5.74) is 3.30. The molecule has 0 aliphatic heterocycles. The average Bonchev–Trinajstić information content (AvgIpc) is 2.23. The summed E-state index contributed by atoms with van der Waals surface area (Å²) in [4.78, 5) is 0. The van der Waals surface area contributed by atoms with Crippen molar-refractivity contribution in [3.8, 4) is 0 Å². The summed E-state index contributed by atoms with van der Waals surface area (Å²) >= 11 is 0. The van der Waals surface area contributed by atoms with Gasteiger partial charge in [0.05, 0.1) is 5.75 Å². The lowest BCUT2D eigenvalue weighted by Gasteiger charge is -2.09. The quantitative estimate of drug-likeness (QED) is 0.613. The van der Waals surface area contributed by atoms with Gasteiger partial charge in [0.1, 0.15) is 10.7 Å². The van der Waals surface area contributed by atoms with Crippen LogP contribution in [-0.2, 0) is 22.9 Å². The van der Waals surface area contributed by atoms with Gasteiger partial charge >= 0.3 is 0 Å². The molecule has 0 bridgehead atoms. The predicted octanol–water partition coefficient (Wildman–Crippen LogP) is 2.84. The van der Waals surface area contributed by atoms with Gasteiger partial charge in [-0.3, -0.25) is 0 Å². The molecule has 16 heavy (non-hydrogen) atoms. The van der Waals surface area contributed by atoms with E-state index in [9.17, 15) is 8.42 Å². The number of benzene rings is 1. The average molecular weight is 240 g/mol. The molecule has 0 aliphatic carbocycles. The molecule has 0 fully saturated rings. The lowest BCUT2D eigenvalue weighted by Crippen LogP contribution is -1.99. The molecule has 0 heterocycles. The van der Waals surface area contributed by atoms with E-state index in [0.29, 0.717) is 0 Å². The third kappa shape index (κ3) is 3.97. The van der Waals surface area contributed by atoms with Crippen molar-refractivity contribution in [2.24, 2.45) is 0 Å². The van der Waals surface area contributed by atoms with Crippen molar-refractivity contribution in [2.45, 2.75) is 45.3 Å². The van der Waals surface area contributed by atoms with Crippen molar-refractivity contribution < 1.29 is 8.42 Å². The van der Waals surface area contributed by atoms with Crippen molar-refractivity contribution in [2.75, 3.05) is 0 Å². The molecule has 3 heteroatoms. The third-order valence-electron chi connectivity index (χ3n) is 2.84. The zero-order valence-electron chi connectivity index (χ0n) is 10.0. The zero-order valence-corrected chi connectivity index (χ0v) is 10.9. The minimum Gasteiger partial charge on any atom is -0.232 e. The monoisotopic (exact) mass is 240 g/mol. The maximum absolute atomic E-state index is 10.8. The van der Waals surface area contributed by atoms with E-state index in [1.165, 1.54) is 18.4 Å². The Bertz CT molecular complexity index is 400. The Morgan fingerprint density at radius 3 is 2.56 bits per heavy atom. The van der Waals surface area contributed by atoms with Gasteiger partial charge in [0.25, 0.3) is 0 Å². The highest BCUT2D eigenvalue weighted by Gasteiger charge is 2.06. The summed E-state index contributed by atoms with van der Waals surface area (Å²) in [6, 6.07) is 6.05. The SMILES string of the molecule is CCCCCc1cccc(C)c1C[SH](=O)=O. The summed E-state index contributed by atoms with van der Waals surface area (Å²) in [5.74, 6) is 0.184. The number of hydrogen-bond donors (Lipinski definition) is 1. The second-order valence-electron chi connectivity index (χ2n) is 4.16. The van der Waals surface area contributed by atoms with Crippen molar-refractivity contribution >= 4 is 10.7 Å². The van der Waals surface area contributed by atoms with Crippen LogP contribution in [0.2, 0.25) is 0 Å². The molecule has 1 rings (SSSR count). The van der Waals surface area contributed by atoms with E-state index in [4.69, 9.17) is 0 Å². The molecule has 2 nitrogen and oxygen atoms in total. The smallest absolute Gasteiger partial charge is 0.144 e. The van der Waals surface area contributed by atoms with Crippen LogP contribution in [0.5, 0.6) is 0 Å². The largest absolute Gasteiger partial charge is 0.232 e. The molecule has 0 atom stereocenters. The molecule has 0 saturated carbocycles. The molecule has 0 amide bonds. The van der Waals surface area contributed by atoms with Gasteiger partial charge in [0.15, 0.2) is 0 Å². The second-order valence-corrected chi connectivity index (χ2v) is 5.14. The van der Waals surface area contributed by atoms with Crippen LogP contribution >= 0.6 is 0 Å². The highest BCUT2D eigenvalue weighted by atomic mass is 32.2. The van der Waals surface area contributed by atoms with Gasteiger partial charge in [-0.05, 0) is 36.5 Å². The van der Waals surface area contributed by atoms with E-state index < -0.39 is 10.7 Å². The Balaban J connectivity index is 2.84. The van der Waals surface area contributed by atoms with E-state index in [1.54, 1.807) is 0 Å². The van der Waals surface area contributed by atoms with Crippen LogP contribution in [0.15, 0.2) is 18.2 Å². The van der Waals surface area contributed by atoms with Crippen LogP contribution in [0.3, 0.4) is 0 Å². The molecule has 0 unspecified atom stereocenters. The first-order valence-electron chi connectivity index (χ1n) is 5.84. The summed E-state index contributed by atoms with van der Waals surface area (Å²) in [6.45, 7) is 4.16. The molecular formula is C13H20O2S. The molecule has 90 valence electrons. The van der Waals surface area contributed by atoms with Crippen LogP contribution in [0.25, 0.3) is 0 Å². The van der Waals surface area contributed by atoms with E-state index in [-0.39, 0.29) is 5.75 Å². The second kappa shape index (κ2) is 6.69. The van der Waals surface area contributed by atoms with Gasteiger partial charge in [-0.1, -0.05) is 38.0 Å². The van der Waals surface area contributed by atoms with Gasteiger partial charge in [-0.25, -0.2) is 8.42 Å². The number of rotatable bonds is 6. The standard InChI is InChI=1S/C13H20O2S/c1-3-4-5-8-12-9-6-7-11(2)13(12)10-16(14)15/h6-7,9,16H,3-5,8,10H2,1-2H3. The Morgan fingerprint density at radius 1 is 1.19 bits per heavy atom. The maximum atomic E-state index is 10.8. The summed E-state index contributed by atoms with van der Waals surface area (Å²) in [5, 5.41) is 0. The predicted molar refractivity (Wildman–Crippen MR) is 68.4 cm³/mol. The van der Waals surface area contributed by atoms with Crippen LogP contribution in [0, 0.1) is 6.92 Å². The van der Waals surface area contributed by atoms with Crippen molar-refractivity contribution in [1.29, 1.82) is 0 Å². The first kappa shape index (κ1) is 13.2. The van der Waals surface area contributed by atoms with E-state index in [2.05, 4.69) is 13.0 Å². The minimum absolute atomic E-state index is 0.184. The van der Waals surface area contributed by atoms with Gasteiger partial charge in [-0.2, -0.15) is 0 Å². The van der Waals surface area contributed by atoms with Crippen LogP contribution < -0.4 is 0 Å². The Hall–Kier alpha value is -0.830. The van der Waals surface area contributed by atoms with Gasteiger partial charge in [-0.15, -0.1) is 0 Å². The Labute approximate surface area is 99.6 Å². The van der Waals surface area contributed by atoms with Gasteiger partial charge in [0.2, 0.25) is 0 Å². The topological polar surface area (TPSA) is 34.1 Å². The van der Waals surface area contributed by atoms with Crippen LogP contribution in [-0.4, -0.2) is 8.42 Å².